The number of likely N-dealkylation sites (tertiary alicyclic amines) is 1. The van der Waals surface area contributed by atoms with Crippen LogP contribution in [0.5, 0.6) is 5.75 Å². The second-order valence-corrected chi connectivity index (χ2v) is 10.1. The van der Waals surface area contributed by atoms with E-state index in [0.29, 0.717) is 31.3 Å². The van der Waals surface area contributed by atoms with Crippen LogP contribution in [0.3, 0.4) is 0 Å². The predicted molar refractivity (Wildman–Crippen MR) is 129 cm³/mol. The Bertz CT molecular complexity index is 647. The fourth-order valence-corrected chi connectivity index (χ4v) is 4.69. The van der Waals surface area contributed by atoms with Gasteiger partial charge >= 0.3 is 0 Å². The minimum absolute atomic E-state index is 0.0678. The summed E-state index contributed by atoms with van der Waals surface area (Å²) in [6, 6.07) is 7.67. The minimum atomic E-state index is -0.802. The monoisotopic (exact) mass is 432 g/mol. The van der Waals surface area contributed by atoms with E-state index in [0.717, 1.165) is 30.3 Å². The van der Waals surface area contributed by atoms with Gasteiger partial charge in [0.05, 0.1) is 6.61 Å². The lowest BCUT2D eigenvalue weighted by Crippen LogP contribution is -2.46. The van der Waals surface area contributed by atoms with Crippen molar-refractivity contribution in [3.63, 3.8) is 0 Å². The maximum absolute atomic E-state index is 13.1. The fourth-order valence-electron chi connectivity index (χ4n) is 4.69. The Morgan fingerprint density at radius 2 is 1.81 bits per heavy atom. The van der Waals surface area contributed by atoms with E-state index in [1.165, 1.54) is 25.9 Å². The number of hydrogen-bond donors (Lipinski definition) is 1. The second kappa shape index (κ2) is 12.4. The van der Waals surface area contributed by atoms with E-state index >= 15 is 0 Å². The number of rotatable bonds is 12. The van der Waals surface area contributed by atoms with Crippen molar-refractivity contribution in [1.82, 2.24) is 4.90 Å². The van der Waals surface area contributed by atoms with Gasteiger partial charge in [0, 0.05) is 25.9 Å². The van der Waals surface area contributed by atoms with Crippen LogP contribution in [0.1, 0.15) is 66.7 Å². The molecule has 1 fully saturated rings. The number of anilines is 1. The molecule has 1 aromatic rings. The molecular weight excluding hydrogens is 388 g/mol. The zero-order valence-corrected chi connectivity index (χ0v) is 20.6. The van der Waals surface area contributed by atoms with Crippen LogP contribution in [0.4, 0.5) is 5.69 Å². The lowest BCUT2D eigenvalue weighted by atomic mass is 9.84. The first-order valence-electron chi connectivity index (χ1n) is 12.1. The fraction of sp³-hybridized carbons (Fsp3) is 0.731. The van der Waals surface area contributed by atoms with Crippen molar-refractivity contribution >= 4 is 11.6 Å². The summed E-state index contributed by atoms with van der Waals surface area (Å²) in [7, 11) is 1.64. The number of ether oxygens (including phenoxy) is 2. The summed E-state index contributed by atoms with van der Waals surface area (Å²) >= 11 is 0. The lowest BCUT2D eigenvalue weighted by Gasteiger charge is -2.34. The summed E-state index contributed by atoms with van der Waals surface area (Å²) < 4.78 is 11.7. The summed E-state index contributed by atoms with van der Waals surface area (Å²) in [5, 5.41) is 3.06. The summed E-state index contributed by atoms with van der Waals surface area (Å²) in [6.45, 7) is 15.1. The van der Waals surface area contributed by atoms with E-state index in [1.54, 1.807) is 7.11 Å². The molecule has 176 valence electrons. The molecule has 1 atom stereocenters. The molecule has 1 aromatic carbocycles. The van der Waals surface area contributed by atoms with Crippen LogP contribution in [-0.4, -0.2) is 49.8 Å². The summed E-state index contributed by atoms with van der Waals surface area (Å²) in [5.74, 6) is 2.33. The molecule has 1 aliphatic rings. The van der Waals surface area contributed by atoms with Crippen LogP contribution in [-0.2, 0) is 9.53 Å². The molecule has 0 radical (unpaired) electrons. The van der Waals surface area contributed by atoms with E-state index in [1.807, 2.05) is 24.3 Å². The molecule has 0 spiro atoms. The quantitative estimate of drug-likeness (QED) is 0.437. The first-order chi connectivity index (χ1) is 14.7. The Balaban J connectivity index is 1.85. The van der Waals surface area contributed by atoms with Crippen molar-refractivity contribution in [3.05, 3.63) is 24.3 Å². The van der Waals surface area contributed by atoms with Crippen LogP contribution < -0.4 is 10.1 Å². The maximum atomic E-state index is 13.1. The number of benzene rings is 1. The first-order valence-corrected chi connectivity index (χ1v) is 12.1. The summed E-state index contributed by atoms with van der Waals surface area (Å²) in [6.07, 6.45) is 5.10. The zero-order chi connectivity index (χ0) is 22.9. The Kier molecular flexibility index (Phi) is 10.3. The number of nitrogens with zero attached hydrogens (tertiary/aromatic N) is 1. The van der Waals surface area contributed by atoms with Crippen molar-refractivity contribution in [2.45, 2.75) is 72.3 Å². The molecule has 1 amide bonds. The third-order valence-electron chi connectivity index (χ3n) is 6.02. The highest BCUT2D eigenvalue weighted by molar-refractivity contribution is 5.97. The number of nitrogens with one attached hydrogen (secondary N) is 1. The summed E-state index contributed by atoms with van der Waals surface area (Å²) in [4.78, 5) is 15.7. The van der Waals surface area contributed by atoms with Gasteiger partial charge < -0.3 is 19.7 Å². The van der Waals surface area contributed by atoms with Gasteiger partial charge in [0.15, 0.2) is 0 Å². The highest BCUT2D eigenvalue weighted by Gasteiger charge is 2.39. The molecule has 1 heterocycles. The highest BCUT2D eigenvalue weighted by atomic mass is 16.5. The standard InChI is InChI=1S/C26H44N2O3/c1-20(2)17-26(30-6,18-21(3)4)25(29)27-23-10-12-24(13-11-23)31-16-8-15-28-14-7-9-22(5)19-28/h10-13,20-22H,7-9,14-19H2,1-6H3,(H,27,29)/t22-/m1/s1. The number of carbonyl (C=O) groups excluding carboxylic acids is 1. The van der Waals surface area contributed by atoms with Gasteiger partial charge in [-0.05, 0) is 80.7 Å². The molecule has 5 heteroatoms. The number of amides is 1. The molecule has 0 aliphatic carbocycles. The molecule has 1 N–H and O–H groups in total. The van der Waals surface area contributed by atoms with Gasteiger partial charge in [-0.1, -0.05) is 34.6 Å². The number of methoxy groups -OCH3 is 1. The molecule has 0 unspecified atom stereocenters. The first kappa shape index (κ1) is 25.7. The molecular formula is C26H44N2O3. The maximum Gasteiger partial charge on any atom is 0.256 e. The van der Waals surface area contributed by atoms with Crippen molar-refractivity contribution < 1.29 is 14.3 Å². The Labute approximate surface area is 189 Å². The largest absolute Gasteiger partial charge is 0.494 e. The predicted octanol–water partition coefficient (Wildman–Crippen LogP) is 5.60. The number of hydrogen-bond acceptors (Lipinski definition) is 4. The van der Waals surface area contributed by atoms with Crippen molar-refractivity contribution in [1.29, 1.82) is 0 Å². The van der Waals surface area contributed by atoms with E-state index in [9.17, 15) is 4.79 Å². The van der Waals surface area contributed by atoms with Crippen LogP contribution in [0.15, 0.2) is 24.3 Å². The summed E-state index contributed by atoms with van der Waals surface area (Å²) in [5.41, 5.74) is -0.0303. The van der Waals surface area contributed by atoms with E-state index in [-0.39, 0.29) is 5.91 Å². The van der Waals surface area contributed by atoms with Crippen LogP contribution in [0.25, 0.3) is 0 Å². The van der Waals surface area contributed by atoms with Crippen LogP contribution in [0.2, 0.25) is 0 Å². The van der Waals surface area contributed by atoms with Crippen molar-refractivity contribution in [2.24, 2.45) is 17.8 Å². The average Bonchev–Trinajstić information content (AvgIpc) is 2.71. The number of piperidine rings is 1. The topological polar surface area (TPSA) is 50.8 Å². The minimum Gasteiger partial charge on any atom is -0.494 e. The van der Waals surface area contributed by atoms with E-state index < -0.39 is 5.60 Å². The molecule has 5 nitrogen and oxygen atoms in total. The van der Waals surface area contributed by atoms with Gasteiger partial charge in [-0.15, -0.1) is 0 Å². The molecule has 1 aliphatic heterocycles. The van der Waals surface area contributed by atoms with Gasteiger partial charge in [-0.3, -0.25) is 4.79 Å². The molecule has 2 rings (SSSR count). The Hall–Kier alpha value is -1.59. The van der Waals surface area contributed by atoms with Gasteiger partial charge in [-0.2, -0.15) is 0 Å². The lowest BCUT2D eigenvalue weighted by molar-refractivity contribution is -0.142. The SMILES string of the molecule is COC(CC(C)C)(CC(C)C)C(=O)Nc1ccc(OCCCN2CCC[C@@H](C)C2)cc1. The highest BCUT2D eigenvalue weighted by Crippen LogP contribution is 2.30. The molecule has 31 heavy (non-hydrogen) atoms. The van der Waals surface area contributed by atoms with Gasteiger partial charge in [0.1, 0.15) is 11.4 Å². The van der Waals surface area contributed by atoms with E-state index in [2.05, 4.69) is 44.8 Å². The molecule has 0 bridgehead atoms. The van der Waals surface area contributed by atoms with Gasteiger partial charge in [-0.25, -0.2) is 0 Å². The Morgan fingerprint density at radius 3 is 2.35 bits per heavy atom. The van der Waals surface area contributed by atoms with Crippen molar-refractivity contribution in [2.75, 3.05) is 38.7 Å². The third kappa shape index (κ3) is 8.46. The average molecular weight is 433 g/mol. The normalized spacial score (nSPS) is 17.9. The smallest absolute Gasteiger partial charge is 0.256 e. The molecule has 0 aromatic heterocycles. The van der Waals surface area contributed by atoms with Crippen molar-refractivity contribution in [3.8, 4) is 5.75 Å². The second-order valence-electron chi connectivity index (χ2n) is 10.1. The van der Waals surface area contributed by atoms with Gasteiger partial charge in [0.25, 0.3) is 5.91 Å². The molecule has 0 saturated carbocycles. The molecule has 1 saturated heterocycles. The van der Waals surface area contributed by atoms with Gasteiger partial charge in [0.2, 0.25) is 0 Å². The van der Waals surface area contributed by atoms with Crippen LogP contribution in [0, 0.1) is 17.8 Å². The zero-order valence-electron chi connectivity index (χ0n) is 20.6. The van der Waals surface area contributed by atoms with Crippen LogP contribution >= 0.6 is 0 Å². The van der Waals surface area contributed by atoms with E-state index in [4.69, 9.17) is 9.47 Å². The third-order valence-corrected chi connectivity index (χ3v) is 6.02. The Morgan fingerprint density at radius 1 is 1.16 bits per heavy atom. The number of carbonyl (C=O) groups is 1.